The van der Waals surface area contributed by atoms with E-state index in [1.165, 1.54) is 0 Å². The van der Waals surface area contributed by atoms with Gasteiger partial charge in [-0.25, -0.2) is 8.42 Å². The zero-order valence-electron chi connectivity index (χ0n) is 18.7. The monoisotopic (exact) mass is 431 g/mol. The number of hydrogen-bond donors (Lipinski definition) is 0. The number of carbonyl (C=O) groups is 1. The van der Waals surface area contributed by atoms with Crippen LogP contribution in [0.3, 0.4) is 0 Å². The lowest BCUT2D eigenvalue weighted by Gasteiger charge is -2.17. The fourth-order valence-electron chi connectivity index (χ4n) is 3.21. The van der Waals surface area contributed by atoms with E-state index in [2.05, 4.69) is 13.8 Å². The van der Waals surface area contributed by atoms with Crippen molar-refractivity contribution in [1.82, 2.24) is 0 Å². The van der Waals surface area contributed by atoms with Gasteiger partial charge in [-0.05, 0) is 32.1 Å². The van der Waals surface area contributed by atoms with E-state index in [0.717, 1.165) is 89.9 Å². The summed E-state index contributed by atoms with van der Waals surface area (Å²) in [6.07, 6.45) is 18.4. The van der Waals surface area contributed by atoms with Crippen molar-refractivity contribution in [3.05, 3.63) is 12.2 Å². The molecule has 0 heterocycles. The molecule has 0 N–H and O–H groups in total. The molecule has 0 fully saturated rings. The summed E-state index contributed by atoms with van der Waals surface area (Å²) in [5, 5.41) is -0.882. The minimum atomic E-state index is -4.26. The van der Waals surface area contributed by atoms with Gasteiger partial charge in [0, 0.05) is 6.42 Å². The zero-order chi connectivity index (χ0) is 21.8. The SMILES string of the molecule is CCCCCCCC(/C=C\CCCCCCCC(=O)OCCCCC)S(=O)(=O)[O-]. The van der Waals surface area contributed by atoms with Gasteiger partial charge in [-0.1, -0.05) is 90.2 Å². The topological polar surface area (TPSA) is 83.5 Å². The molecule has 0 aliphatic carbocycles. The minimum Gasteiger partial charge on any atom is -0.747 e. The van der Waals surface area contributed by atoms with Crippen molar-refractivity contribution in [3.63, 3.8) is 0 Å². The van der Waals surface area contributed by atoms with Crippen LogP contribution in [0.1, 0.15) is 117 Å². The molecule has 0 amide bonds. The number of allylic oxidation sites excluding steroid dienone is 1. The van der Waals surface area contributed by atoms with Crippen LogP contribution in [0.25, 0.3) is 0 Å². The number of esters is 1. The van der Waals surface area contributed by atoms with Gasteiger partial charge < -0.3 is 9.29 Å². The number of unbranched alkanes of at least 4 members (excludes halogenated alkanes) is 11. The van der Waals surface area contributed by atoms with E-state index in [0.29, 0.717) is 19.4 Å². The first-order valence-corrected chi connectivity index (χ1v) is 13.2. The first-order valence-electron chi connectivity index (χ1n) is 11.7. The maximum Gasteiger partial charge on any atom is 0.305 e. The Morgan fingerprint density at radius 1 is 0.862 bits per heavy atom. The first-order chi connectivity index (χ1) is 13.9. The van der Waals surface area contributed by atoms with Gasteiger partial charge in [0.1, 0.15) is 10.1 Å². The van der Waals surface area contributed by atoms with Crippen LogP contribution < -0.4 is 0 Å². The maximum absolute atomic E-state index is 11.5. The molecule has 0 rings (SSSR count). The van der Waals surface area contributed by atoms with Crippen molar-refractivity contribution < 1.29 is 22.5 Å². The molecule has 0 spiro atoms. The lowest BCUT2D eigenvalue weighted by molar-refractivity contribution is -0.143. The summed E-state index contributed by atoms with van der Waals surface area (Å²) in [4.78, 5) is 11.5. The molecule has 0 aromatic rings. The normalized spacial score (nSPS) is 13.1. The Hall–Kier alpha value is -0.880. The molecule has 0 radical (unpaired) electrons. The van der Waals surface area contributed by atoms with Gasteiger partial charge in [0.15, 0.2) is 0 Å². The number of ether oxygens (including phenoxy) is 1. The van der Waals surface area contributed by atoms with Crippen LogP contribution in [0.4, 0.5) is 0 Å². The number of rotatable bonds is 20. The fraction of sp³-hybridized carbons (Fsp3) is 0.870. The second kappa shape index (κ2) is 19.1. The van der Waals surface area contributed by atoms with Crippen molar-refractivity contribution in [2.24, 2.45) is 0 Å². The van der Waals surface area contributed by atoms with Crippen molar-refractivity contribution in [2.75, 3.05) is 6.61 Å². The lowest BCUT2D eigenvalue weighted by atomic mass is 10.1. The second-order valence-corrected chi connectivity index (χ2v) is 9.49. The molecule has 0 aliphatic heterocycles. The first kappa shape index (κ1) is 28.1. The van der Waals surface area contributed by atoms with E-state index in [4.69, 9.17) is 4.74 Å². The summed E-state index contributed by atoms with van der Waals surface area (Å²) in [6.45, 7) is 4.80. The van der Waals surface area contributed by atoms with Crippen LogP contribution >= 0.6 is 0 Å². The predicted octanol–water partition coefficient (Wildman–Crippen LogP) is 6.28. The highest BCUT2D eigenvalue weighted by Crippen LogP contribution is 2.15. The molecule has 6 heteroatoms. The molecule has 0 aromatic carbocycles. The fourth-order valence-corrected chi connectivity index (χ4v) is 3.96. The molecule has 172 valence electrons. The summed E-state index contributed by atoms with van der Waals surface area (Å²) in [7, 11) is -4.26. The van der Waals surface area contributed by atoms with Crippen molar-refractivity contribution in [3.8, 4) is 0 Å². The molecular weight excluding hydrogens is 388 g/mol. The minimum absolute atomic E-state index is 0.0939. The zero-order valence-corrected chi connectivity index (χ0v) is 19.5. The smallest absolute Gasteiger partial charge is 0.305 e. The van der Waals surface area contributed by atoms with E-state index < -0.39 is 15.4 Å². The average molecular weight is 432 g/mol. The van der Waals surface area contributed by atoms with Crippen LogP contribution in [0.15, 0.2) is 12.2 Å². The number of hydrogen-bond acceptors (Lipinski definition) is 5. The van der Waals surface area contributed by atoms with Gasteiger partial charge in [-0.3, -0.25) is 4.79 Å². The van der Waals surface area contributed by atoms with Crippen molar-refractivity contribution >= 4 is 16.1 Å². The Kier molecular flexibility index (Phi) is 18.5. The standard InChI is InChI=1S/C23H44O5S/c1-3-5-7-11-14-18-22(29(25,26)27)19-15-12-9-8-10-13-16-20-23(24)28-21-17-6-4-2/h15,19,22H,3-14,16-18,20-21H2,1-2H3,(H,25,26,27)/p-1/b19-15-. The molecule has 0 saturated carbocycles. The van der Waals surface area contributed by atoms with Crippen LogP contribution in [0.2, 0.25) is 0 Å². The van der Waals surface area contributed by atoms with E-state index in [9.17, 15) is 17.8 Å². The number of carbonyl (C=O) groups excluding carboxylic acids is 1. The quantitative estimate of drug-likeness (QED) is 0.0980. The molecule has 0 aromatic heterocycles. The van der Waals surface area contributed by atoms with Crippen molar-refractivity contribution in [1.29, 1.82) is 0 Å². The molecule has 0 bridgehead atoms. The average Bonchev–Trinajstić information content (AvgIpc) is 2.67. The third kappa shape index (κ3) is 18.9. The third-order valence-electron chi connectivity index (χ3n) is 5.08. The van der Waals surface area contributed by atoms with E-state index in [1.54, 1.807) is 6.08 Å². The summed E-state index contributed by atoms with van der Waals surface area (Å²) in [5.41, 5.74) is 0. The van der Waals surface area contributed by atoms with Crippen molar-refractivity contribution in [2.45, 2.75) is 122 Å². The molecule has 1 unspecified atom stereocenters. The maximum atomic E-state index is 11.5. The Labute approximate surface area is 179 Å². The van der Waals surface area contributed by atoms with E-state index in [1.807, 2.05) is 6.08 Å². The summed E-state index contributed by atoms with van der Waals surface area (Å²) < 4.78 is 39.4. The van der Waals surface area contributed by atoms with E-state index >= 15 is 0 Å². The van der Waals surface area contributed by atoms with Gasteiger partial charge in [-0.15, -0.1) is 0 Å². The van der Waals surface area contributed by atoms with Crippen LogP contribution in [-0.2, 0) is 19.6 Å². The van der Waals surface area contributed by atoms with Gasteiger partial charge in [0.05, 0.1) is 11.9 Å². The Bertz CT molecular complexity index is 513. The Morgan fingerprint density at radius 3 is 2.14 bits per heavy atom. The van der Waals surface area contributed by atoms with Gasteiger partial charge in [0.25, 0.3) is 0 Å². The van der Waals surface area contributed by atoms with Crippen LogP contribution in [0.5, 0.6) is 0 Å². The molecule has 0 saturated heterocycles. The Balaban J connectivity index is 3.76. The largest absolute Gasteiger partial charge is 0.747 e. The predicted molar refractivity (Wildman–Crippen MR) is 119 cm³/mol. The highest BCUT2D eigenvalue weighted by molar-refractivity contribution is 7.86. The molecule has 29 heavy (non-hydrogen) atoms. The lowest BCUT2D eigenvalue weighted by Crippen LogP contribution is -2.18. The molecule has 5 nitrogen and oxygen atoms in total. The summed E-state index contributed by atoms with van der Waals surface area (Å²) >= 11 is 0. The summed E-state index contributed by atoms with van der Waals surface area (Å²) in [6, 6.07) is 0. The highest BCUT2D eigenvalue weighted by atomic mass is 32.2. The molecule has 0 aliphatic rings. The van der Waals surface area contributed by atoms with E-state index in [-0.39, 0.29) is 5.97 Å². The van der Waals surface area contributed by atoms with Crippen LogP contribution in [0, 0.1) is 0 Å². The molecule has 1 atom stereocenters. The van der Waals surface area contributed by atoms with Gasteiger partial charge >= 0.3 is 5.97 Å². The van der Waals surface area contributed by atoms with Crippen LogP contribution in [-0.4, -0.2) is 30.8 Å². The summed E-state index contributed by atoms with van der Waals surface area (Å²) in [5.74, 6) is -0.0939. The Morgan fingerprint density at radius 2 is 1.45 bits per heavy atom. The second-order valence-electron chi connectivity index (χ2n) is 7.90. The third-order valence-corrected chi connectivity index (χ3v) is 6.21. The van der Waals surface area contributed by atoms with Gasteiger partial charge in [-0.2, -0.15) is 0 Å². The highest BCUT2D eigenvalue weighted by Gasteiger charge is 2.11. The van der Waals surface area contributed by atoms with Gasteiger partial charge in [0.2, 0.25) is 0 Å². The molecular formula is C23H43O5S-.